The maximum absolute atomic E-state index is 10.8. The first kappa shape index (κ1) is 11.7. The average Bonchev–Trinajstić information content (AvgIpc) is 2.68. The number of ether oxygens (including phenoxy) is 1. The molecule has 0 amide bonds. The molecule has 0 atom stereocenters. The molecule has 1 aromatic carbocycles. The van der Waals surface area contributed by atoms with Crippen LogP contribution in [0, 0.1) is 0 Å². The van der Waals surface area contributed by atoms with Crippen LogP contribution in [0.1, 0.15) is 29.8 Å². The van der Waals surface area contributed by atoms with Crippen molar-refractivity contribution in [3.05, 3.63) is 35.6 Å². The van der Waals surface area contributed by atoms with Gasteiger partial charge < -0.3 is 14.3 Å². The van der Waals surface area contributed by atoms with E-state index in [1.165, 1.54) is 6.07 Å². The highest BCUT2D eigenvalue weighted by atomic mass is 16.5. The minimum absolute atomic E-state index is 0.151. The highest BCUT2D eigenvalue weighted by Crippen LogP contribution is 2.23. The third kappa shape index (κ3) is 2.47. The fourth-order valence-corrected chi connectivity index (χ4v) is 1.58. The van der Waals surface area contributed by atoms with Gasteiger partial charge in [-0.15, -0.1) is 0 Å². The Morgan fingerprint density at radius 2 is 2.24 bits per heavy atom. The summed E-state index contributed by atoms with van der Waals surface area (Å²) in [5.41, 5.74) is 1.74. The summed E-state index contributed by atoms with van der Waals surface area (Å²) in [7, 11) is 0. The molecule has 0 aliphatic carbocycles. The highest BCUT2D eigenvalue weighted by Gasteiger charge is 2.10. The smallest absolute Gasteiger partial charge is 0.335 e. The summed E-state index contributed by atoms with van der Waals surface area (Å²) in [5, 5.41) is 9.76. The van der Waals surface area contributed by atoms with Crippen molar-refractivity contribution in [2.45, 2.75) is 26.6 Å². The Kier molecular flexibility index (Phi) is 3.15. The van der Waals surface area contributed by atoms with Crippen molar-refractivity contribution in [2.75, 3.05) is 0 Å². The molecule has 17 heavy (non-hydrogen) atoms. The second-order valence-corrected chi connectivity index (χ2v) is 4.14. The molecule has 0 spiro atoms. The normalized spacial score (nSPS) is 11.2. The number of carboxylic acid groups (broad SMARTS) is 1. The topological polar surface area (TPSA) is 59.7 Å². The first-order chi connectivity index (χ1) is 8.08. The molecule has 0 unspecified atom stereocenters. The lowest BCUT2D eigenvalue weighted by Gasteiger charge is -2.05. The lowest BCUT2D eigenvalue weighted by molar-refractivity contribution is 0.0660. The van der Waals surface area contributed by atoms with Gasteiger partial charge in [0, 0.05) is 10.9 Å². The van der Waals surface area contributed by atoms with Gasteiger partial charge in [-0.3, -0.25) is 0 Å². The molecule has 0 aliphatic heterocycles. The number of carboxylic acids is 1. The van der Waals surface area contributed by atoms with Crippen LogP contribution < -0.4 is 0 Å². The van der Waals surface area contributed by atoms with Crippen LogP contribution in [0.15, 0.2) is 28.9 Å². The van der Waals surface area contributed by atoms with Crippen molar-refractivity contribution >= 4 is 16.9 Å². The Balaban J connectivity index is 2.31. The zero-order chi connectivity index (χ0) is 12.4. The van der Waals surface area contributed by atoms with Gasteiger partial charge in [-0.2, -0.15) is 0 Å². The molecule has 2 aromatic rings. The number of fused-ring (bicyclic) bond motifs is 1. The molecule has 2 rings (SSSR count). The minimum Gasteiger partial charge on any atom is -0.478 e. The zero-order valence-electron chi connectivity index (χ0n) is 9.77. The van der Waals surface area contributed by atoms with E-state index in [-0.39, 0.29) is 11.7 Å². The van der Waals surface area contributed by atoms with E-state index >= 15 is 0 Å². The molecule has 90 valence electrons. The van der Waals surface area contributed by atoms with Crippen molar-refractivity contribution in [1.29, 1.82) is 0 Å². The van der Waals surface area contributed by atoms with Crippen LogP contribution in [-0.2, 0) is 11.3 Å². The predicted molar refractivity (Wildman–Crippen MR) is 63.1 cm³/mol. The van der Waals surface area contributed by atoms with Gasteiger partial charge in [-0.25, -0.2) is 4.79 Å². The molecule has 0 fully saturated rings. The van der Waals surface area contributed by atoms with Crippen LogP contribution in [0.5, 0.6) is 0 Å². The van der Waals surface area contributed by atoms with E-state index in [1.807, 2.05) is 13.8 Å². The summed E-state index contributed by atoms with van der Waals surface area (Å²) >= 11 is 0. The monoisotopic (exact) mass is 234 g/mol. The van der Waals surface area contributed by atoms with Crippen LogP contribution in [0.3, 0.4) is 0 Å². The Morgan fingerprint density at radius 3 is 2.88 bits per heavy atom. The van der Waals surface area contributed by atoms with E-state index < -0.39 is 5.97 Å². The molecule has 0 saturated carbocycles. The van der Waals surface area contributed by atoms with Gasteiger partial charge in [0.2, 0.25) is 0 Å². The Bertz CT molecular complexity index is 539. The van der Waals surface area contributed by atoms with Crippen molar-refractivity contribution in [3.63, 3.8) is 0 Å². The number of hydrogen-bond donors (Lipinski definition) is 1. The second kappa shape index (κ2) is 4.59. The van der Waals surface area contributed by atoms with Gasteiger partial charge in [0.1, 0.15) is 5.58 Å². The molecule has 0 saturated heterocycles. The maximum atomic E-state index is 10.8. The fourth-order valence-electron chi connectivity index (χ4n) is 1.58. The number of furan rings is 1. The summed E-state index contributed by atoms with van der Waals surface area (Å²) in [6.45, 7) is 4.40. The number of rotatable bonds is 4. The third-order valence-electron chi connectivity index (χ3n) is 2.47. The van der Waals surface area contributed by atoms with Crippen molar-refractivity contribution < 1.29 is 19.1 Å². The summed E-state index contributed by atoms with van der Waals surface area (Å²) in [4.78, 5) is 10.8. The van der Waals surface area contributed by atoms with Crippen LogP contribution in [0.2, 0.25) is 0 Å². The summed E-state index contributed by atoms with van der Waals surface area (Å²) in [6.07, 6.45) is 1.76. The third-order valence-corrected chi connectivity index (χ3v) is 2.47. The largest absolute Gasteiger partial charge is 0.478 e. The predicted octanol–water partition coefficient (Wildman–Crippen LogP) is 3.06. The number of carbonyl (C=O) groups is 1. The molecular formula is C13H14O4. The van der Waals surface area contributed by atoms with Crippen LogP contribution in [0.25, 0.3) is 11.0 Å². The number of hydrogen-bond acceptors (Lipinski definition) is 3. The quantitative estimate of drug-likeness (QED) is 0.883. The van der Waals surface area contributed by atoms with E-state index in [2.05, 4.69) is 0 Å². The molecular weight excluding hydrogens is 220 g/mol. The Hall–Kier alpha value is -1.81. The van der Waals surface area contributed by atoms with E-state index in [1.54, 1.807) is 18.4 Å². The molecule has 1 aromatic heterocycles. The first-order valence-corrected chi connectivity index (χ1v) is 5.43. The van der Waals surface area contributed by atoms with Gasteiger partial charge in [-0.05, 0) is 32.0 Å². The molecule has 1 N–H and O–H groups in total. The lowest BCUT2D eigenvalue weighted by Crippen LogP contribution is -2.01. The number of benzene rings is 1. The van der Waals surface area contributed by atoms with Gasteiger partial charge >= 0.3 is 5.97 Å². The van der Waals surface area contributed by atoms with Crippen molar-refractivity contribution in [2.24, 2.45) is 0 Å². The van der Waals surface area contributed by atoms with Crippen LogP contribution in [-0.4, -0.2) is 17.2 Å². The lowest BCUT2D eigenvalue weighted by atomic mass is 10.1. The first-order valence-electron chi connectivity index (χ1n) is 5.43. The standard InChI is InChI=1S/C13H14O4/c1-8(2)16-6-10-7-17-12-5-9(13(14)15)3-4-11(10)12/h3-5,7-8H,6H2,1-2H3,(H,14,15). The summed E-state index contributed by atoms with van der Waals surface area (Å²) < 4.78 is 10.8. The van der Waals surface area contributed by atoms with E-state index in [9.17, 15) is 4.79 Å². The molecule has 0 aliphatic rings. The van der Waals surface area contributed by atoms with E-state index in [0.29, 0.717) is 12.2 Å². The minimum atomic E-state index is -0.955. The molecule has 0 radical (unpaired) electrons. The summed E-state index contributed by atoms with van der Waals surface area (Å²) in [6, 6.07) is 4.84. The average molecular weight is 234 g/mol. The maximum Gasteiger partial charge on any atom is 0.335 e. The van der Waals surface area contributed by atoms with Gasteiger partial charge in [-0.1, -0.05) is 0 Å². The Morgan fingerprint density at radius 1 is 1.47 bits per heavy atom. The summed E-state index contributed by atoms with van der Waals surface area (Å²) in [5.74, 6) is -0.955. The van der Waals surface area contributed by atoms with Gasteiger partial charge in [0.05, 0.1) is 24.5 Å². The van der Waals surface area contributed by atoms with E-state index in [4.69, 9.17) is 14.3 Å². The van der Waals surface area contributed by atoms with Crippen molar-refractivity contribution in [1.82, 2.24) is 0 Å². The fraction of sp³-hybridized carbons (Fsp3) is 0.308. The highest BCUT2D eigenvalue weighted by molar-refractivity contribution is 5.93. The van der Waals surface area contributed by atoms with Crippen molar-refractivity contribution in [3.8, 4) is 0 Å². The molecule has 0 bridgehead atoms. The zero-order valence-corrected chi connectivity index (χ0v) is 9.77. The van der Waals surface area contributed by atoms with Crippen LogP contribution >= 0.6 is 0 Å². The SMILES string of the molecule is CC(C)OCc1coc2cc(C(=O)O)ccc12. The van der Waals surface area contributed by atoms with Gasteiger partial charge in [0.25, 0.3) is 0 Å². The van der Waals surface area contributed by atoms with Gasteiger partial charge in [0.15, 0.2) is 0 Å². The van der Waals surface area contributed by atoms with E-state index in [0.717, 1.165) is 10.9 Å². The molecule has 1 heterocycles. The number of aromatic carboxylic acids is 1. The van der Waals surface area contributed by atoms with Crippen LogP contribution in [0.4, 0.5) is 0 Å². The Labute approximate surface area is 98.8 Å². The molecule has 4 nitrogen and oxygen atoms in total. The second-order valence-electron chi connectivity index (χ2n) is 4.14. The molecule has 4 heteroatoms.